The maximum atomic E-state index is 13.4. The fourth-order valence-electron chi connectivity index (χ4n) is 6.85. The number of carbonyl (C=O) groups is 3. The van der Waals surface area contributed by atoms with Crippen molar-refractivity contribution in [2.45, 2.75) is 24.8 Å². The van der Waals surface area contributed by atoms with Crippen LogP contribution >= 0.6 is 11.8 Å². The quantitative estimate of drug-likeness (QED) is 0.0333. The van der Waals surface area contributed by atoms with E-state index >= 15 is 0 Å². The predicted octanol–water partition coefficient (Wildman–Crippen LogP) is 6.44. The summed E-state index contributed by atoms with van der Waals surface area (Å²) in [7, 11) is 0. The zero-order valence-electron chi connectivity index (χ0n) is 33.5. The molecule has 1 aliphatic heterocycles. The molecule has 4 aromatic carbocycles. The fourth-order valence-corrected chi connectivity index (χ4v) is 7.61. The van der Waals surface area contributed by atoms with Gasteiger partial charge >= 0.3 is 11.6 Å². The lowest BCUT2D eigenvalue weighted by Gasteiger charge is -2.17. The lowest BCUT2D eigenvalue weighted by Crippen LogP contribution is -2.23. The fraction of sp³-hybridized carbons (Fsp3) is 0.152. The number of aromatic carboxylic acids is 1. The van der Waals surface area contributed by atoms with Crippen LogP contribution in [-0.4, -0.2) is 73.7 Å². The van der Waals surface area contributed by atoms with E-state index in [9.17, 15) is 39.3 Å². The van der Waals surface area contributed by atoms with E-state index in [0.29, 0.717) is 38.1 Å². The minimum Gasteiger partial charge on any atom is -0.508 e. The summed E-state index contributed by atoms with van der Waals surface area (Å²) in [5.74, 6) is -1.78. The average Bonchev–Trinajstić information content (AvgIpc) is 3.74. The molecule has 6 aromatic rings. The first-order valence-corrected chi connectivity index (χ1v) is 20.4. The number of phenolic OH excluding ortho intramolecular Hbond substituents is 2. The van der Waals surface area contributed by atoms with Crippen LogP contribution in [0.25, 0.3) is 44.4 Å². The van der Waals surface area contributed by atoms with Gasteiger partial charge in [0.1, 0.15) is 46.4 Å². The van der Waals surface area contributed by atoms with Crippen LogP contribution in [0.4, 0.5) is 0 Å². The van der Waals surface area contributed by atoms with Gasteiger partial charge in [0.15, 0.2) is 5.43 Å². The van der Waals surface area contributed by atoms with E-state index in [1.54, 1.807) is 36.5 Å². The van der Waals surface area contributed by atoms with Crippen molar-refractivity contribution in [2.24, 2.45) is 0 Å². The lowest BCUT2D eigenvalue weighted by molar-refractivity contribution is -0.00726. The van der Waals surface area contributed by atoms with E-state index in [1.165, 1.54) is 71.4 Å². The second-order valence-corrected chi connectivity index (χ2v) is 15.2. The van der Waals surface area contributed by atoms with E-state index < -0.39 is 22.6 Å². The van der Waals surface area contributed by atoms with E-state index in [1.807, 2.05) is 6.07 Å². The van der Waals surface area contributed by atoms with Crippen molar-refractivity contribution in [1.82, 2.24) is 20.3 Å². The smallest absolute Gasteiger partial charge is 0.348 e. The number of hydrogen-bond donors (Lipinski definition) is 4. The Kier molecular flexibility index (Phi) is 12.9. The molecule has 17 nitrogen and oxygen atoms in total. The van der Waals surface area contributed by atoms with Crippen molar-refractivity contribution in [3.63, 3.8) is 0 Å². The third-order valence-electron chi connectivity index (χ3n) is 9.80. The van der Waals surface area contributed by atoms with Crippen LogP contribution in [0, 0.1) is 0 Å². The van der Waals surface area contributed by atoms with Gasteiger partial charge < -0.3 is 43.7 Å². The standard InChI is InChI=1S/C46H36N4O13S/c51-29-7-10-34-39(18-29)62-40-19-30(52)8-11-35(40)42(34)37-17-26(6-9-33(37)44(55)56)43(54)47-22-28-23-50(49-48-28)25-61-15-13-59-12-14-60-24-27-16-31(53)20-41-36(27)21-38(45(57)63-41)46(58)64-32-4-2-1-3-5-32/h1-11,16-21,23,51,53H,12-15,22,24-25H2,(H,47,54)(H,55,56). The van der Waals surface area contributed by atoms with Gasteiger partial charge in [-0.2, -0.15) is 0 Å². The predicted molar refractivity (Wildman–Crippen MR) is 232 cm³/mol. The number of benzene rings is 5. The number of amides is 1. The summed E-state index contributed by atoms with van der Waals surface area (Å²) in [6.07, 6.45) is 1.59. The van der Waals surface area contributed by atoms with Gasteiger partial charge in [-0.05, 0) is 89.6 Å². The molecule has 0 saturated heterocycles. The molecule has 0 radical (unpaired) electrons. The zero-order valence-corrected chi connectivity index (χ0v) is 34.3. The second kappa shape index (κ2) is 19.2. The molecule has 0 spiro atoms. The molecule has 0 unspecified atom stereocenters. The number of thioether (sulfide) groups is 1. The van der Waals surface area contributed by atoms with Gasteiger partial charge in [0, 0.05) is 50.6 Å². The number of fused-ring (bicyclic) bond motifs is 3. The molecule has 0 saturated carbocycles. The molecule has 64 heavy (non-hydrogen) atoms. The van der Waals surface area contributed by atoms with E-state index in [-0.39, 0.29) is 102 Å². The lowest BCUT2D eigenvalue weighted by atomic mass is 9.89. The van der Waals surface area contributed by atoms with Gasteiger partial charge in [0.25, 0.3) is 5.91 Å². The summed E-state index contributed by atoms with van der Waals surface area (Å²) < 4.78 is 29.7. The van der Waals surface area contributed by atoms with Crippen LogP contribution in [0.15, 0.2) is 133 Å². The van der Waals surface area contributed by atoms with E-state index in [2.05, 4.69) is 15.6 Å². The molecule has 4 N–H and O–H groups in total. The molecular weight excluding hydrogens is 849 g/mol. The van der Waals surface area contributed by atoms with Gasteiger partial charge in [0.2, 0.25) is 5.12 Å². The van der Waals surface area contributed by atoms with E-state index in [0.717, 1.165) is 11.8 Å². The molecule has 1 amide bonds. The molecule has 2 aliphatic rings. The number of carbonyl (C=O) groups excluding carboxylic acids is 2. The first kappa shape index (κ1) is 43.0. The highest BCUT2D eigenvalue weighted by molar-refractivity contribution is 8.14. The van der Waals surface area contributed by atoms with Crippen LogP contribution in [0.1, 0.15) is 42.3 Å². The van der Waals surface area contributed by atoms with Crippen molar-refractivity contribution in [3.05, 3.63) is 158 Å². The number of hydrogen-bond acceptors (Lipinski definition) is 15. The number of nitrogens with zero attached hydrogens (tertiary/aromatic N) is 3. The van der Waals surface area contributed by atoms with Crippen LogP contribution in [0.5, 0.6) is 11.5 Å². The van der Waals surface area contributed by atoms with Crippen molar-refractivity contribution in [3.8, 4) is 33.9 Å². The van der Waals surface area contributed by atoms with Gasteiger partial charge in [-0.15, -0.1) is 5.10 Å². The summed E-state index contributed by atoms with van der Waals surface area (Å²) in [6, 6.07) is 25.8. The van der Waals surface area contributed by atoms with Gasteiger partial charge in [-0.3, -0.25) is 14.4 Å². The Morgan fingerprint density at radius 1 is 0.734 bits per heavy atom. The Morgan fingerprint density at radius 2 is 1.50 bits per heavy atom. The SMILES string of the molecule is O=C(NCc1cn(COCCOCCOCc2cc(O)cc3oc(=O)c(C(=O)Sc4ccccc4)cc23)nn1)c1ccc(C(=O)O)c(-c2c3ccc(=O)cc-3oc3cc(O)ccc23)c1. The van der Waals surface area contributed by atoms with Crippen LogP contribution < -0.4 is 16.4 Å². The Hall–Kier alpha value is -7.64. The highest BCUT2D eigenvalue weighted by Gasteiger charge is 2.24. The Labute approximate surface area is 365 Å². The number of aromatic nitrogens is 3. The van der Waals surface area contributed by atoms with E-state index in [4.69, 9.17) is 23.0 Å². The zero-order chi connectivity index (χ0) is 44.7. The van der Waals surface area contributed by atoms with Crippen LogP contribution in [-0.2, 0) is 34.1 Å². The third kappa shape index (κ3) is 9.85. The molecule has 3 heterocycles. The topological polar surface area (TPSA) is 243 Å². The number of aromatic hydroxyl groups is 2. The summed E-state index contributed by atoms with van der Waals surface area (Å²) in [5, 5.41) is 41.8. The number of rotatable bonds is 17. The largest absolute Gasteiger partial charge is 0.508 e. The number of nitrogens with one attached hydrogen (secondary N) is 1. The van der Waals surface area contributed by atoms with Gasteiger partial charge in [-0.1, -0.05) is 23.4 Å². The average molecular weight is 885 g/mol. The number of phenols is 2. The normalized spacial score (nSPS) is 11.4. The van der Waals surface area contributed by atoms with Crippen molar-refractivity contribution >= 4 is 50.7 Å². The molecule has 0 bridgehead atoms. The van der Waals surface area contributed by atoms with Crippen LogP contribution in [0.2, 0.25) is 0 Å². The minimum atomic E-state index is -1.23. The molecule has 2 aromatic heterocycles. The van der Waals surface area contributed by atoms with Crippen molar-refractivity contribution in [1.29, 1.82) is 0 Å². The molecule has 8 rings (SSSR count). The summed E-state index contributed by atoms with van der Waals surface area (Å²) in [5.41, 5.74) is 1.15. The van der Waals surface area contributed by atoms with Gasteiger partial charge in [0.05, 0.1) is 51.3 Å². The Bertz CT molecular complexity index is 3130. The monoisotopic (exact) mass is 884 g/mol. The molecule has 1 aliphatic carbocycles. The second-order valence-electron chi connectivity index (χ2n) is 14.2. The molecule has 324 valence electrons. The molecule has 0 atom stereocenters. The maximum Gasteiger partial charge on any atom is 0.348 e. The Balaban J connectivity index is 0.807. The molecular formula is C46H36N4O13S. The van der Waals surface area contributed by atoms with Crippen molar-refractivity contribution < 1.29 is 52.7 Å². The summed E-state index contributed by atoms with van der Waals surface area (Å²) in [4.78, 5) is 64.2. The molecule has 0 fully saturated rings. The third-order valence-corrected chi connectivity index (χ3v) is 10.7. The minimum absolute atomic E-state index is 0.000946. The number of carboxylic acids is 1. The number of ether oxygens (including phenoxy) is 3. The summed E-state index contributed by atoms with van der Waals surface area (Å²) in [6.45, 7) is 0.959. The Morgan fingerprint density at radius 3 is 2.31 bits per heavy atom. The first-order chi connectivity index (χ1) is 31.0. The van der Waals surface area contributed by atoms with Gasteiger partial charge in [-0.25, -0.2) is 14.3 Å². The highest BCUT2D eigenvalue weighted by atomic mass is 32.2. The number of carboxylic acid groups (broad SMARTS) is 1. The summed E-state index contributed by atoms with van der Waals surface area (Å²) >= 11 is 0.911. The maximum absolute atomic E-state index is 13.4. The molecule has 18 heteroatoms. The highest BCUT2D eigenvalue weighted by Crippen LogP contribution is 2.42. The van der Waals surface area contributed by atoms with Crippen molar-refractivity contribution in [2.75, 3.05) is 26.4 Å². The van der Waals surface area contributed by atoms with Crippen LogP contribution in [0.3, 0.4) is 0 Å². The first-order valence-electron chi connectivity index (χ1n) is 19.6.